The van der Waals surface area contributed by atoms with E-state index in [9.17, 15) is 4.79 Å². The van der Waals surface area contributed by atoms with Crippen LogP contribution >= 0.6 is 0 Å². The molecule has 1 aliphatic rings. The maximum atomic E-state index is 12.4. The third-order valence-corrected chi connectivity index (χ3v) is 5.57. The molecular weight excluding hydrogens is 376 g/mol. The summed E-state index contributed by atoms with van der Waals surface area (Å²) in [6, 6.07) is 7.76. The topological polar surface area (TPSA) is 66.0 Å². The van der Waals surface area contributed by atoms with E-state index in [4.69, 9.17) is 4.74 Å². The van der Waals surface area contributed by atoms with Gasteiger partial charge in [-0.25, -0.2) is 4.99 Å². The van der Waals surface area contributed by atoms with Gasteiger partial charge in [0.15, 0.2) is 5.96 Å². The number of hydrogen-bond donors (Lipinski definition) is 2. The zero-order valence-electron chi connectivity index (χ0n) is 19.1. The second-order valence-electron chi connectivity index (χ2n) is 7.78. The van der Waals surface area contributed by atoms with Crippen LogP contribution in [-0.4, -0.2) is 55.7 Å². The largest absolute Gasteiger partial charge is 0.376 e. The van der Waals surface area contributed by atoms with Gasteiger partial charge in [-0.1, -0.05) is 37.8 Å². The van der Waals surface area contributed by atoms with Crippen molar-refractivity contribution < 1.29 is 9.53 Å². The summed E-state index contributed by atoms with van der Waals surface area (Å²) in [5.74, 6) is 0.879. The molecule has 1 aliphatic carbocycles. The van der Waals surface area contributed by atoms with Crippen LogP contribution in [0.15, 0.2) is 29.3 Å². The van der Waals surface area contributed by atoms with E-state index in [0.29, 0.717) is 19.3 Å². The van der Waals surface area contributed by atoms with E-state index < -0.39 is 0 Å². The molecule has 30 heavy (non-hydrogen) atoms. The summed E-state index contributed by atoms with van der Waals surface area (Å²) in [6.45, 7) is 10.4. The maximum absolute atomic E-state index is 12.4. The number of nitrogens with one attached hydrogen (secondary N) is 2. The predicted molar refractivity (Wildman–Crippen MR) is 124 cm³/mol. The number of nitrogens with zero attached hydrogens (tertiary/aromatic N) is 2. The molecule has 0 bridgehead atoms. The van der Waals surface area contributed by atoms with Crippen LogP contribution in [0.2, 0.25) is 0 Å². The maximum Gasteiger partial charge on any atom is 0.253 e. The standard InChI is InChI=1S/C24H40N4O2/c1-4-25-24(26-17-18-30-22-11-9-7-8-10-12-22)27-19-20-13-15-21(16-14-20)23(29)28(5-2)6-3/h13-16,22H,4-12,17-19H2,1-3H3,(H2,25,26,27). The van der Waals surface area contributed by atoms with Crippen LogP contribution in [0.1, 0.15) is 75.2 Å². The van der Waals surface area contributed by atoms with Gasteiger partial charge in [-0.3, -0.25) is 4.79 Å². The molecule has 1 aromatic rings. The summed E-state index contributed by atoms with van der Waals surface area (Å²) >= 11 is 0. The molecule has 0 aliphatic heterocycles. The monoisotopic (exact) mass is 416 g/mol. The number of guanidine groups is 1. The number of benzene rings is 1. The van der Waals surface area contributed by atoms with Crippen molar-refractivity contribution >= 4 is 11.9 Å². The quantitative estimate of drug-likeness (QED) is 0.262. The molecule has 1 fully saturated rings. The lowest BCUT2D eigenvalue weighted by atomic mass is 10.1. The van der Waals surface area contributed by atoms with Crippen LogP contribution < -0.4 is 10.6 Å². The highest BCUT2D eigenvalue weighted by atomic mass is 16.5. The van der Waals surface area contributed by atoms with Crippen LogP contribution in [0.5, 0.6) is 0 Å². The van der Waals surface area contributed by atoms with Gasteiger partial charge in [0, 0.05) is 31.7 Å². The Hall–Kier alpha value is -2.08. The number of hydrogen-bond acceptors (Lipinski definition) is 3. The van der Waals surface area contributed by atoms with Gasteiger partial charge >= 0.3 is 0 Å². The number of amides is 1. The Morgan fingerprint density at radius 3 is 2.30 bits per heavy atom. The fourth-order valence-electron chi connectivity index (χ4n) is 3.76. The Labute approximate surface area is 182 Å². The molecular formula is C24H40N4O2. The van der Waals surface area contributed by atoms with E-state index in [1.54, 1.807) is 0 Å². The van der Waals surface area contributed by atoms with Crippen molar-refractivity contribution in [3.05, 3.63) is 35.4 Å². The molecule has 0 atom stereocenters. The summed E-state index contributed by atoms with van der Waals surface area (Å²) in [4.78, 5) is 18.9. The van der Waals surface area contributed by atoms with E-state index in [2.05, 4.69) is 22.5 Å². The van der Waals surface area contributed by atoms with Gasteiger partial charge in [0.1, 0.15) is 0 Å². The molecule has 0 spiro atoms. The van der Waals surface area contributed by atoms with Crippen LogP contribution in [0.3, 0.4) is 0 Å². The van der Waals surface area contributed by atoms with E-state index in [1.807, 2.05) is 43.0 Å². The summed E-state index contributed by atoms with van der Waals surface area (Å²) < 4.78 is 6.05. The van der Waals surface area contributed by atoms with Crippen molar-refractivity contribution in [3.8, 4) is 0 Å². The number of carbonyl (C=O) groups excluding carboxylic acids is 1. The van der Waals surface area contributed by atoms with Crippen molar-refractivity contribution in [2.24, 2.45) is 4.99 Å². The highest BCUT2D eigenvalue weighted by molar-refractivity contribution is 5.94. The molecule has 0 aromatic heterocycles. The van der Waals surface area contributed by atoms with Gasteiger partial charge in [-0.2, -0.15) is 0 Å². The molecule has 2 rings (SSSR count). The zero-order valence-corrected chi connectivity index (χ0v) is 19.1. The van der Waals surface area contributed by atoms with E-state index in [0.717, 1.165) is 43.3 Å². The minimum atomic E-state index is 0.0822. The highest BCUT2D eigenvalue weighted by Gasteiger charge is 2.13. The second kappa shape index (κ2) is 14.0. The molecule has 0 heterocycles. The smallest absolute Gasteiger partial charge is 0.253 e. The molecule has 168 valence electrons. The van der Waals surface area contributed by atoms with Crippen molar-refractivity contribution in [2.75, 3.05) is 32.8 Å². The molecule has 2 N–H and O–H groups in total. The minimum Gasteiger partial charge on any atom is -0.376 e. The van der Waals surface area contributed by atoms with Crippen molar-refractivity contribution in [1.82, 2.24) is 15.5 Å². The molecule has 0 radical (unpaired) electrons. The average molecular weight is 417 g/mol. The fraction of sp³-hybridized carbons (Fsp3) is 0.667. The third kappa shape index (κ3) is 8.34. The first kappa shape index (κ1) is 24.2. The minimum absolute atomic E-state index is 0.0822. The average Bonchev–Trinajstić information content (AvgIpc) is 3.05. The second-order valence-corrected chi connectivity index (χ2v) is 7.78. The molecule has 6 heteroatoms. The SMILES string of the molecule is CCNC(=NCc1ccc(C(=O)N(CC)CC)cc1)NCCOC1CCCCCC1. The molecule has 1 aromatic carbocycles. The van der Waals surface area contributed by atoms with Gasteiger partial charge in [-0.15, -0.1) is 0 Å². The first-order valence-electron chi connectivity index (χ1n) is 11.7. The molecule has 1 saturated carbocycles. The van der Waals surface area contributed by atoms with Gasteiger partial charge in [-0.05, 0) is 51.3 Å². The number of ether oxygens (including phenoxy) is 1. The third-order valence-electron chi connectivity index (χ3n) is 5.57. The van der Waals surface area contributed by atoms with Crippen molar-refractivity contribution in [3.63, 3.8) is 0 Å². The molecule has 0 saturated heterocycles. The van der Waals surface area contributed by atoms with Gasteiger partial charge < -0.3 is 20.3 Å². The number of carbonyl (C=O) groups is 1. The van der Waals surface area contributed by atoms with E-state index >= 15 is 0 Å². The van der Waals surface area contributed by atoms with Gasteiger partial charge in [0.05, 0.1) is 19.3 Å². The first-order valence-corrected chi connectivity index (χ1v) is 11.7. The van der Waals surface area contributed by atoms with E-state index in [-0.39, 0.29) is 5.91 Å². The Bertz CT molecular complexity index is 633. The summed E-state index contributed by atoms with van der Waals surface area (Å²) in [5.41, 5.74) is 1.81. The Kier molecular flexibility index (Phi) is 11.3. The molecule has 0 unspecified atom stereocenters. The Morgan fingerprint density at radius 1 is 1.03 bits per heavy atom. The Balaban J connectivity index is 1.81. The predicted octanol–water partition coefficient (Wildman–Crippen LogP) is 3.96. The summed E-state index contributed by atoms with van der Waals surface area (Å²) in [6.07, 6.45) is 8.09. The summed E-state index contributed by atoms with van der Waals surface area (Å²) in [5, 5.41) is 6.64. The first-order chi connectivity index (χ1) is 14.7. The molecule has 1 amide bonds. The van der Waals surface area contributed by atoms with Crippen molar-refractivity contribution in [2.45, 2.75) is 71.9 Å². The lowest BCUT2D eigenvalue weighted by Gasteiger charge is -2.18. The van der Waals surface area contributed by atoms with Crippen molar-refractivity contribution in [1.29, 1.82) is 0 Å². The Morgan fingerprint density at radius 2 is 1.70 bits per heavy atom. The number of aliphatic imine (C=N–C) groups is 1. The van der Waals surface area contributed by atoms with Crippen LogP contribution in [0.25, 0.3) is 0 Å². The van der Waals surface area contributed by atoms with Gasteiger partial charge in [0.2, 0.25) is 0 Å². The lowest BCUT2D eigenvalue weighted by Crippen LogP contribution is -2.39. The van der Waals surface area contributed by atoms with Crippen LogP contribution in [0, 0.1) is 0 Å². The van der Waals surface area contributed by atoms with Crippen LogP contribution in [-0.2, 0) is 11.3 Å². The van der Waals surface area contributed by atoms with Crippen LogP contribution in [0.4, 0.5) is 0 Å². The highest BCUT2D eigenvalue weighted by Crippen LogP contribution is 2.19. The normalized spacial score (nSPS) is 15.5. The molecule has 6 nitrogen and oxygen atoms in total. The van der Waals surface area contributed by atoms with Gasteiger partial charge in [0.25, 0.3) is 5.91 Å². The number of rotatable bonds is 10. The summed E-state index contributed by atoms with van der Waals surface area (Å²) in [7, 11) is 0. The zero-order chi connectivity index (χ0) is 21.6. The lowest BCUT2D eigenvalue weighted by molar-refractivity contribution is 0.0468. The fourth-order valence-corrected chi connectivity index (χ4v) is 3.76. The van der Waals surface area contributed by atoms with E-state index in [1.165, 1.54) is 38.5 Å².